The van der Waals surface area contributed by atoms with Crippen molar-refractivity contribution in [1.29, 1.82) is 0 Å². The first kappa shape index (κ1) is 16.1. The Kier molecular flexibility index (Phi) is 4.15. The molecule has 1 aromatic carbocycles. The number of sulfonamides is 1. The molecule has 7 nitrogen and oxygen atoms in total. The summed E-state index contributed by atoms with van der Waals surface area (Å²) in [6, 6.07) is 2.27. The molecule has 4 N–H and O–H groups in total. The number of carbonyl (C=O) groups excluding carboxylic acids is 1. The predicted octanol–water partition coefficient (Wildman–Crippen LogP) is 0.0661. The van der Waals surface area contributed by atoms with Crippen LogP contribution in [0.4, 0.5) is 4.39 Å². The summed E-state index contributed by atoms with van der Waals surface area (Å²) in [6.07, 6.45) is 0. The van der Waals surface area contributed by atoms with Gasteiger partial charge < -0.3 is 10.8 Å². The number of primary amides is 1. The summed E-state index contributed by atoms with van der Waals surface area (Å²) in [5.41, 5.74) is 2.68. The van der Waals surface area contributed by atoms with Crippen molar-refractivity contribution < 1.29 is 27.5 Å². The summed E-state index contributed by atoms with van der Waals surface area (Å²) in [4.78, 5) is 21.4. The summed E-state index contributed by atoms with van der Waals surface area (Å²) < 4.78 is 39.2. The Morgan fingerprint density at radius 1 is 1.35 bits per heavy atom. The van der Waals surface area contributed by atoms with E-state index in [4.69, 9.17) is 10.8 Å². The fourth-order valence-electron chi connectivity index (χ4n) is 1.28. The number of nitrogens with one attached hydrogen (secondary N) is 1. The average Bonchev–Trinajstić information content (AvgIpc) is 2.27. The molecular weight excluding hydrogens is 291 g/mol. The zero-order chi connectivity index (χ0) is 15.7. The number of nitrogens with two attached hydrogens (primary N) is 1. The zero-order valence-electron chi connectivity index (χ0n) is 10.7. The molecule has 0 spiro atoms. The number of rotatable bonds is 5. The molecule has 9 heteroatoms. The van der Waals surface area contributed by atoms with Crippen LogP contribution < -0.4 is 10.5 Å². The second kappa shape index (κ2) is 5.17. The molecule has 0 saturated carbocycles. The standard InChI is InChI=1S/C11H13FN2O5S/c1-11(2,10(13)17)14-20(18,19)6-3-4-8(12)7(5-6)9(15)16/h3-5,14H,1-2H3,(H2,13,17)(H,15,16). The Bertz CT molecular complexity index is 669. The summed E-state index contributed by atoms with van der Waals surface area (Å²) >= 11 is 0. The first-order chi connectivity index (χ1) is 8.97. The van der Waals surface area contributed by atoms with E-state index in [0.29, 0.717) is 6.07 Å². The van der Waals surface area contributed by atoms with Gasteiger partial charge in [-0.15, -0.1) is 0 Å². The van der Waals surface area contributed by atoms with Crippen LogP contribution >= 0.6 is 0 Å². The zero-order valence-corrected chi connectivity index (χ0v) is 11.5. The predicted molar refractivity (Wildman–Crippen MR) is 67.0 cm³/mol. The molecule has 1 rings (SSSR count). The average molecular weight is 304 g/mol. The van der Waals surface area contributed by atoms with Crippen LogP contribution in [-0.2, 0) is 14.8 Å². The van der Waals surface area contributed by atoms with Gasteiger partial charge in [-0.25, -0.2) is 17.6 Å². The SMILES string of the molecule is CC(C)(NS(=O)(=O)c1ccc(F)c(C(=O)O)c1)C(N)=O. The molecule has 0 heterocycles. The molecule has 0 atom stereocenters. The molecule has 0 unspecified atom stereocenters. The first-order valence-electron chi connectivity index (χ1n) is 5.34. The van der Waals surface area contributed by atoms with E-state index in [-0.39, 0.29) is 0 Å². The smallest absolute Gasteiger partial charge is 0.338 e. The van der Waals surface area contributed by atoms with E-state index < -0.39 is 43.7 Å². The van der Waals surface area contributed by atoms with Gasteiger partial charge >= 0.3 is 5.97 Å². The van der Waals surface area contributed by atoms with E-state index in [9.17, 15) is 22.4 Å². The third kappa shape index (κ3) is 3.31. The summed E-state index contributed by atoms with van der Waals surface area (Å²) in [5, 5.41) is 8.75. The van der Waals surface area contributed by atoms with Gasteiger partial charge in [-0.05, 0) is 32.0 Å². The molecule has 0 aliphatic heterocycles. The minimum absolute atomic E-state index is 0.481. The summed E-state index contributed by atoms with van der Waals surface area (Å²) in [7, 11) is -4.22. The molecular formula is C11H13FN2O5S. The lowest BCUT2D eigenvalue weighted by atomic mass is 10.1. The van der Waals surface area contributed by atoms with Crippen LogP contribution in [0.25, 0.3) is 0 Å². The van der Waals surface area contributed by atoms with Gasteiger partial charge in [0.15, 0.2) is 0 Å². The third-order valence-corrected chi connectivity index (χ3v) is 4.14. The Morgan fingerprint density at radius 2 is 1.90 bits per heavy atom. The van der Waals surface area contributed by atoms with Crippen LogP contribution in [0.3, 0.4) is 0 Å². The van der Waals surface area contributed by atoms with Crippen molar-refractivity contribution in [3.05, 3.63) is 29.6 Å². The Balaban J connectivity index is 3.27. The van der Waals surface area contributed by atoms with E-state index >= 15 is 0 Å². The first-order valence-corrected chi connectivity index (χ1v) is 6.82. The van der Waals surface area contributed by atoms with E-state index in [2.05, 4.69) is 0 Å². The molecule has 0 fully saturated rings. The van der Waals surface area contributed by atoms with Crippen LogP contribution in [0.15, 0.2) is 23.1 Å². The summed E-state index contributed by atoms with van der Waals surface area (Å²) in [5.74, 6) is -3.58. The minimum Gasteiger partial charge on any atom is -0.478 e. The molecule has 0 aliphatic carbocycles. The number of aromatic carboxylic acids is 1. The van der Waals surface area contributed by atoms with Gasteiger partial charge in [0.25, 0.3) is 0 Å². The molecule has 1 amide bonds. The fraction of sp³-hybridized carbons (Fsp3) is 0.273. The van der Waals surface area contributed by atoms with E-state index in [0.717, 1.165) is 12.1 Å². The van der Waals surface area contributed by atoms with Crippen molar-refractivity contribution in [3.8, 4) is 0 Å². The highest BCUT2D eigenvalue weighted by molar-refractivity contribution is 7.89. The highest BCUT2D eigenvalue weighted by atomic mass is 32.2. The number of carboxylic acids is 1. The number of carboxylic acid groups (broad SMARTS) is 1. The van der Waals surface area contributed by atoms with Crippen LogP contribution in [0.1, 0.15) is 24.2 Å². The van der Waals surface area contributed by atoms with Gasteiger partial charge in [0, 0.05) is 0 Å². The largest absolute Gasteiger partial charge is 0.478 e. The van der Waals surface area contributed by atoms with Crippen LogP contribution in [0, 0.1) is 5.82 Å². The molecule has 0 radical (unpaired) electrons. The lowest BCUT2D eigenvalue weighted by Crippen LogP contribution is -2.52. The van der Waals surface area contributed by atoms with Gasteiger partial charge in [0.1, 0.15) is 11.4 Å². The highest BCUT2D eigenvalue weighted by Gasteiger charge is 2.31. The minimum atomic E-state index is -4.22. The molecule has 0 bridgehead atoms. The number of amides is 1. The molecule has 0 aromatic heterocycles. The molecule has 1 aromatic rings. The maximum Gasteiger partial charge on any atom is 0.338 e. The van der Waals surface area contributed by atoms with Crippen molar-refractivity contribution in [2.45, 2.75) is 24.3 Å². The molecule has 0 saturated heterocycles. The maximum absolute atomic E-state index is 13.2. The van der Waals surface area contributed by atoms with Gasteiger partial charge in [0.05, 0.1) is 10.5 Å². The second-order valence-electron chi connectivity index (χ2n) is 4.54. The maximum atomic E-state index is 13.2. The van der Waals surface area contributed by atoms with Crippen molar-refractivity contribution in [3.63, 3.8) is 0 Å². The number of halogens is 1. The van der Waals surface area contributed by atoms with E-state index in [1.54, 1.807) is 0 Å². The highest BCUT2D eigenvalue weighted by Crippen LogP contribution is 2.17. The Morgan fingerprint density at radius 3 is 2.35 bits per heavy atom. The number of hydrogen-bond donors (Lipinski definition) is 3. The van der Waals surface area contributed by atoms with Crippen molar-refractivity contribution in [2.24, 2.45) is 5.73 Å². The quantitative estimate of drug-likeness (QED) is 0.709. The normalized spacial score (nSPS) is 12.2. The van der Waals surface area contributed by atoms with Gasteiger partial charge in [-0.2, -0.15) is 4.72 Å². The van der Waals surface area contributed by atoms with Gasteiger partial charge in [-0.3, -0.25) is 4.79 Å². The van der Waals surface area contributed by atoms with Gasteiger partial charge in [0.2, 0.25) is 15.9 Å². The van der Waals surface area contributed by atoms with Crippen molar-refractivity contribution in [2.75, 3.05) is 0 Å². The third-order valence-electron chi connectivity index (χ3n) is 2.48. The molecule has 20 heavy (non-hydrogen) atoms. The van der Waals surface area contributed by atoms with Crippen LogP contribution in [0.2, 0.25) is 0 Å². The van der Waals surface area contributed by atoms with Crippen molar-refractivity contribution in [1.82, 2.24) is 4.72 Å². The Hall–Kier alpha value is -2.00. The fourth-order valence-corrected chi connectivity index (χ4v) is 2.69. The molecule has 0 aliphatic rings. The summed E-state index contributed by atoms with van der Waals surface area (Å²) in [6.45, 7) is 2.49. The van der Waals surface area contributed by atoms with Crippen molar-refractivity contribution >= 4 is 21.9 Å². The monoisotopic (exact) mass is 304 g/mol. The number of carbonyl (C=O) groups is 2. The van der Waals surface area contributed by atoms with Crippen LogP contribution in [-0.4, -0.2) is 30.9 Å². The van der Waals surface area contributed by atoms with Crippen LogP contribution in [0.5, 0.6) is 0 Å². The van der Waals surface area contributed by atoms with E-state index in [1.807, 2.05) is 4.72 Å². The topological polar surface area (TPSA) is 127 Å². The lowest BCUT2D eigenvalue weighted by molar-refractivity contribution is -0.122. The van der Waals surface area contributed by atoms with E-state index in [1.165, 1.54) is 13.8 Å². The lowest BCUT2D eigenvalue weighted by Gasteiger charge is -2.22. The Labute approximate surface area is 114 Å². The number of hydrogen-bond acceptors (Lipinski definition) is 4. The number of benzene rings is 1. The van der Waals surface area contributed by atoms with Gasteiger partial charge in [-0.1, -0.05) is 0 Å². The molecule has 110 valence electrons. The second-order valence-corrected chi connectivity index (χ2v) is 6.22.